The van der Waals surface area contributed by atoms with Crippen molar-refractivity contribution in [3.05, 3.63) is 29.8 Å². The Kier molecular flexibility index (Phi) is 2.01. The Bertz CT molecular complexity index is 232. The summed E-state index contributed by atoms with van der Waals surface area (Å²) in [4.78, 5) is 0. The molecule has 1 aromatic carbocycles. The number of hydrogen-bond acceptors (Lipinski definition) is 1. The van der Waals surface area contributed by atoms with Crippen LogP contribution in [0.25, 0.3) is 0 Å². The first kappa shape index (κ1) is 6.49. The van der Waals surface area contributed by atoms with E-state index in [1.165, 1.54) is 0 Å². The predicted molar refractivity (Wildman–Crippen MR) is 30.8 cm³/mol. The second kappa shape index (κ2) is 2.78. The first-order valence-corrected chi connectivity index (χ1v) is 3.23. The van der Waals surface area contributed by atoms with Gasteiger partial charge in [-0.25, -0.2) is 0 Å². The van der Waals surface area contributed by atoms with Gasteiger partial charge in [0, 0.05) is 0 Å². The van der Waals surface area contributed by atoms with Gasteiger partial charge in [-0.2, -0.15) is 0 Å². The van der Waals surface area contributed by atoms with Crippen molar-refractivity contribution >= 4 is 4.04 Å². The fourth-order valence-corrected chi connectivity index (χ4v) is 0.773. The van der Waals surface area contributed by atoms with Crippen LogP contribution in [-0.2, 0) is 19.2 Å². The fourth-order valence-electron chi connectivity index (χ4n) is 0.514. The Morgan fingerprint density at radius 3 is 2.22 bits per heavy atom. The SMILES string of the molecule is N#Cc1cc[c]([Pd])cc1. The molecule has 0 aliphatic rings. The van der Waals surface area contributed by atoms with Crippen LogP contribution < -0.4 is 4.04 Å². The maximum absolute atomic E-state index is 8.37. The number of nitrogens with zero attached hydrogens (tertiary/aromatic N) is 1. The van der Waals surface area contributed by atoms with E-state index in [0.29, 0.717) is 5.56 Å². The normalized spacial score (nSPS) is 8.56. The molecule has 0 saturated carbocycles. The quantitative estimate of drug-likeness (QED) is 0.577. The number of rotatable bonds is 0. The minimum atomic E-state index is 0.699. The third kappa shape index (κ3) is 1.65. The van der Waals surface area contributed by atoms with E-state index in [1.54, 1.807) is 12.1 Å². The zero-order valence-electron chi connectivity index (χ0n) is 4.57. The van der Waals surface area contributed by atoms with Crippen molar-refractivity contribution in [2.75, 3.05) is 0 Å². The van der Waals surface area contributed by atoms with Gasteiger partial charge in [-0.3, -0.25) is 0 Å². The van der Waals surface area contributed by atoms with Crippen LogP contribution >= 0.6 is 0 Å². The van der Waals surface area contributed by atoms with Crippen LogP contribution in [0.2, 0.25) is 0 Å². The van der Waals surface area contributed by atoms with Crippen LogP contribution in [0.5, 0.6) is 0 Å². The first-order valence-electron chi connectivity index (χ1n) is 2.45. The van der Waals surface area contributed by atoms with Crippen LogP contribution in [0.1, 0.15) is 5.56 Å². The predicted octanol–water partition coefficient (Wildman–Crippen LogP) is 0.730. The van der Waals surface area contributed by atoms with Crippen molar-refractivity contribution in [1.82, 2.24) is 0 Å². The zero-order chi connectivity index (χ0) is 6.69. The van der Waals surface area contributed by atoms with Crippen molar-refractivity contribution < 1.29 is 19.2 Å². The molecule has 0 atom stereocenters. The summed E-state index contributed by atoms with van der Waals surface area (Å²) in [5.41, 5.74) is 0.699. The van der Waals surface area contributed by atoms with E-state index in [2.05, 4.69) is 19.2 Å². The molecule has 2 heteroatoms. The van der Waals surface area contributed by atoms with E-state index in [9.17, 15) is 0 Å². The molecule has 0 fully saturated rings. The summed E-state index contributed by atoms with van der Waals surface area (Å²) in [6.45, 7) is 0. The van der Waals surface area contributed by atoms with Gasteiger partial charge in [0.15, 0.2) is 0 Å². The third-order valence-electron chi connectivity index (χ3n) is 0.953. The Balaban J connectivity index is 3.06. The standard InChI is InChI=1S/C7H4N.Pd/c8-6-7-4-2-1-3-5-7;/h2-5H;. The molecule has 47 valence electrons. The van der Waals surface area contributed by atoms with Crippen molar-refractivity contribution in [3.8, 4) is 6.07 Å². The molecule has 0 saturated heterocycles. The van der Waals surface area contributed by atoms with Crippen LogP contribution in [0.15, 0.2) is 24.3 Å². The molecule has 0 heterocycles. The molecule has 0 aromatic heterocycles. The van der Waals surface area contributed by atoms with Crippen LogP contribution in [0.3, 0.4) is 0 Å². The second-order valence-electron chi connectivity index (χ2n) is 1.58. The Morgan fingerprint density at radius 2 is 1.78 bits per heavy atom. The summed E-state index contributed by atoms with van der Waals surface area (Å²) in [6, 6.07) is 9.32. The molecule has 1 nitrogen and oxygen atoms in total. The minimum absolute atomic E-state index is 0.699. The molecule has 0 amide bonds. The Hall–Kier alpha value is -0.628. The van der Waals surface area contributed by atoms with Gasteiger partial charge in [0.25, 0.3) is 0 Å². The van der Waals surface area contributed by atoms with E-state index in [0.717, 1.165) is 4.04 Å². The molecular weight excluding hydrogens is 205 g/mol. The molecule has 0 unspecified atom stereocenters. The van der Waals surface area contributed by atoms with Crippen molar-refractivity contribution in [2.24, 2.45) is 0 Å². The van der Waals surface area contributed by atoms with Gasteiger partial charge in [0.2, 0.25) is 0 Å². The molecule has 9 heavy (non-hydrogen) atoms. The van der Waals surface area contributed by atoms with Gasteiger partial charge in [-0.05, 0) is 0 Å². The summed E-state index contributed by atoms with van der Waals surface area (Å²) in [5, 5.41) is 8.37. The van der Waals surface area contributed by atoms with Crippen molar-refractivity contribution in [3.63, 3.8) is 0 Å². The maximum atomic E-state index is 8.37. The van der Waals surface area contributed by atoms with Gasteiger partial charge >= 0.3 is 64.4 Å². The Labute approximate surface area is 64.7 Å². The average molecular weight is 209 g/mol. The number of benzene rings is 1. The molecule has 0 radical (unpaired) electrons. The summed E-state index contributed by atoms with van der Waals surface area (Å²) in [7, 11) is 0. The molecule has 0 aliphatic carbocycles. The molecule has 0 N–H and O–H groups in total. The van der Waals surface area contributed by atoms with E-state index in [4.69, 9.17) is 5.26 Å². The summed E-state index contributed by atoms with van der Waals surface area (Å²) in [5.74, 6) is 0. The van der Waals surface area contributed by atoms with Gasteiger partial charge in [-0.1, -0.05) is 0 Å². The van der Waals surface area contributed by atoms with Crippen LogP contribution in [0, 0.1) is 11.3 Å². The molecule has 1 rings (SSSR count). The van der Waals surface area contributed by atoms with Gasteiger partial charge < -0.3 is 0 Å². The number of nitriles is 1. The van der Waals surface area contributed by atoms with E-state index < -0.39 is 0 Å². The van der Waals surface area contributed by atoms with Crippen molar-refractivity contribution in [1.29, 1.82) is 5.26 Å². The molecule has 0 aliphatic heterocycles. The van der Waals surface area contributed by atoms with Crippen LogP contribution in [0.4, 0.5) is 0 Å². The zero-order valence-corrected chi connectivity index (χ0v) is 6.13. The average Bonchev–Trinajstić information content (AvgIpc) is 1.90. The first-order chi connectivity index (χ1) is 4.33. The monoisotopic (exact) mass is 208 g/mol. The van der Waals surface area contributed by atoms with Gasteiger partial charge in [0.05, 0.1) is 0 Å². The van der Waals surface area contributed by atoms with Crippen molar-refractivity contribution in [2.45, 2.75) is 0 Å². The summed E-state index contributed by atoms with van der Waals surface area (Å²) in [6.07, 6.45) is 0. The van der Waals surface area contributed by atoms with Gasteiger partial charge in [-0.15, -0.1) is 0 Å². The van der Waals surface area contributed by atoms with Crippen LogP contribution in [-0.4, -0.2) is 0 Å². The fraction of sp³-hybridized carbons (Fsp3) is 0. The molecule has 0 bridgehead atoms. The third-order valence-corrected chi connectivity index (χ3v) is 1.47. The molecular formula is C7H4NPd. The molecule has 1 aromatic rings. The topological polar surface area (TPSA) is 23.8 Å². The summed E-state index contributed by atoms with van der Waals surface area (Å²) < 4.78 is 1.04. The van der Waals surface area contributed by atoms with E-state index >= 15 is 0 Å². The van der Waals surface area contributed by atoms with Gasteiger partial charge in [0.1, 0.15) is 0 Å². The van der Waals surface area contributed by atoms with E-state index in [-0.39, 0.29) is 0 Å². The Morgan fingerprint density at radius 1 is 1.22 bits per heavy atom. The second-order valence-corrected chi connectivity index (χ2v) is 2.48. The molecule has 0 spiro atoms. The number of hydrogen-bond donors (Lipinski definition) is 0. The van der Waals surface area contributed by atoms with E-state index in [1.807, 2.05) is 18.2 Å². The summed E-state index contributed by atoms with van der Waals surface area (Å²) >= 11 is 3.01.